The van der Waals surface area contributed by atoms with Gasteiger partial charge in [0.1, 0.15) is 0 Å². The van der Waals surface area contributed by atoms with E-state index >= 15 is 0 Å². The number of nitrogens with two attached hydrogens (primary N) is 1. The fourth-order valence-corrected chi connectivity index (χ4v) is 2.46. The molecule has 0 unspecified atom stereocenters. The average molecular weight is 235 g/mol. The first-order valence-electron chi connectivity index (χ1n) is 6.39. The number of carbonyl (C=O) groups is 1. The lowest BCUT2D eigenvalue weighted by atomic mass is 9.81. The molecule has 1 aliphatic carbocycles. The maximum atomic E-state index is 11.9. The van der Waals surface area contributed by atoms with Crippen LogP contribution in [-0.4, -0.2) is 17.4 Å². The zero-order chi connectivity index (χ0) is 12.1. The molecule has 4 heteroatoms. The molecule has 1 aliphatic rings. The van der Waals surface area contributed by atoms with Crippen LogP contribution in [0.4, 0.5) is 0 Å². The molecule has 17 heavy (non-hydrogen) atoms. The van der Waals surface area contributed by atoms with Crippen LogP contribution >= 0.6 is 0 Å². The minimum absolute atomic E-state index is 0.191. The molecule has 4 nitrogen and oxygen atoms in total. The molecule has 0 aliphatic heterocycles. The zero-order valence-corrected chi connectivity index (χ0v) is 10.1. The minimum Gasteiger partial charge on any atom is -0.367 e. The molecule has 1 aromatic heterocycles. The summed E-state index contributed by atoms with van der Waals surface area (Å²) in [5.41, 5.74) is 6.76. The van der Waals surface area contributed by atoms with Gasteiger partial charge in [0.2, 0.25) is 5.91 Å². The Hall–Kier alpha value is -1.29. The van der Waals surface area contributed by atoms with E-state index < -0.39 is 0 Å². The smallest absolute Gasteiger partial charge is 0.223 e. The van der Waals surface area contributed by atoms with E-state index in [1.54, 1.807) is 0 Å². The Balaban J connectivity index is 1.73. The van der Waals surface area contributed by atoms with Crippen molar-refractivity contribution in [2.24, 2.45) is 17.6 Å². The van der Waals surface area contributed by atoms with Gasteiger partial charge in [-0.2, -0.15) is 0 Å². The van der Waals surface area contributed by atoms with E-state index in [0.717, 1.165) is 37.8 Å². The highest BCUT2D eigenvalue weighted by molar-refractivity contribution is 5.78. The van der Waals surface area contributed by atoms with Gasteiger partial charge in [0.05, 0.1) is 0 Å². The van der Waals surface area contributed by atoms with Crippen molar-refractivity contribution >= 4 is 5.91 Å². The van der Waals surface area contributed by atoms with Crippen LogP contribution in [0.1, 0.15) is 31.2 Å². The highest BCUT2D eigenvalue weighted by Gasteiger charge is 2.25. The number of rotatable bonds is 4. The number of hydrogen-bond acceptors (Lipinski definition) is 2. The van der Waals surface area contributed by atoms with Crippen molar-refractivity contribution in [2.45, 2.75) is 32.2 Å². The van der Waals surface area contributed by atoms with Gasteiger partial charge in [-0.1, -0.05) is 0 Å². The van der Waals surface area contributed by atoms with Gasteiger partial charge < -0.3 is 16.0 Å². The Kier molecular flexibility index (Phi) is 4.20. The summed E-state index contributed by atoms with van der Waals surface area (Å²) in [4.78, 5) is 14.9. The van der Waals surface area contributed by atoms with Gasteiger partial charge >= 0.3 is 0 Å². The summed E-state index contributed by atoms with van der Waals surface area (Å²) in [5.74, 6) is 1.02. The van der Waals surface area contributed by atoms with Crippen molar-refractivity contribution in [3.63, 3.8) is 0 Å². The van der Waals surface area contributed by atoms with E-state index in [2.05, 4.69) is 10.3 Å². The summed E-state index contributed by atoms with van der Waals surface area (Å²) in [6, 6.07) is 1.98. The van der Waals surface area contributed by atoms with Gasteiger partial charge in [-0.05, 0) is 49.8 Å². The number of H-pyrrole nitrogens is 1. The first kappa shape index (κ1) is 12.2. The molecule has 1 saturated carbocycles. The molecule has 0 radical (unpaired) electrons. The third-order valence-electron chi connectivity index (χ3n) is 3.68. The van der Waals surface area contributed by atoms with Crippen LogP contribution in [0.3, 0.4) is 0 Å². The lowest BCUT2D eigenvalue weighted by Gasteiger charge is -2.26. The molecule has 94 valence electrons. The van der Waals surface area contributed by atoms with Gasteiger partial charge in [0, 0.05) is 24.9 Å². The lowest BCUT2D eigenvalue weighted by Crippen LogP contribution is -2.33. The fraction of sp³-hybridized carbons (Fsp3) is 0.615. The monoisotopic (exact) mass is 235 g/mol. The van der Waals surface area contributed by atoms with Gasteiger partial charge in [0.25, 0.3) is 0 Å². The second-order valence-electron chi connectivity index (χ2n) is 4.89. The highest BCUT2D eigenvalue weighted by atomic mass is 16.1. The number of aromatic amines is 1. The van der Waals surface area contributed by atoms with Crippen molar-refractivity contribution in [1.29, 1.82) is 0 Å². The fourth-order valence-electron chi connectivity index (χ4n) is 2.46. The van der Waals surface area contributed by atoms with E-state index in [-0.39, 0.29) is 11.8 Å². The van der Waals surface area contributed by atoms with Crippen molar-refractivity contribution in [3.05, 3.63) is 24.0 Å². The Bertz CT molecular complexity index is 340. The molecule has 2 rings (SSSR count). The minimum atomic E-state index is 0.191. The summed E-state index contributed by atoms with van der Waals surface area (Å²) in [6.45, 7) is 1.39. The number of nitrogens with one attached hydrogen (secondary N) is 2. The first-order valence-corrected chi connectivity index (χ1v) is 6.39. The Morgan fingerprint density at radius 1 is 1.41 bits per heavy atom. The van der Waals surface area contributed by atoms with E-state index in [1.165, 1.54) is 0 Å². The molecule has 0 atom stereocenters. The van der Waals surface area contributed by atoms with E-state index in [0.29, 0.717) is 12.5 Å². The van der Waals surface area contributed by atoms with Gasteiger partial charge in [-0.3, -0.25) is 4.79 Å². The summed E-state index contributed by atoms with van der Waals surface area (Å²) < 4.78 is 0. The maximum Gasteiger partial charge on any atom is 0.223 e. The van der Waals surface area contributed by atoms with Crippen LogP contribution in [0.5, 0.6) is 0 Å². The predicted molar refractivity (Wildman–Crippen MR) is 67.1 cm³/mol. The Morgan fingerprint density at radius 2 is 2.18 bits per heavy atom. The standard InChI is InChI=1S/C13H21N3O/c14-7-10-1-3-12(4-2-10)13(17)16-9-11-5-6-15-8-11/h5-6,8,10,12,15H,1-4,7,9,14H2,(H,16,17). The molecule has 1 heterocycles. The van der Waals surface area contributed by atoms with Crippen LogP contribution < -0.4 is 11.1 Å². The summed E-state index contributed by atoms with van der Waals surface area (Å²) >= 11 is 0. The first-order chi connectivity index (χ1) is 8.29. The third kappa shape index (κ3) is 3.33. The summed E-state index contributed by atoms with van der Waals surface area (Å²) in [7, 11) is 0. The SMILES string of the molecule is NCC1CCC(C(=O)NCc2cc[nH]c2)CC1. The van der Waals surface area contributed by atoms with Crippen molar-refractivity contribution < 1.29 is 4.79 Å². The molecule has 1 amide bonds. The second-order valence-corrected chi connectivity index (χ2v) is 4.89. The van der Waals surface area contributed by atoms with E-state index in [9.17, 15) is 4.79 Å². The Labute approximate surface area is 102 Å². The normalized spacial score (nSPS) is 24.5. The van der Waals surface area contributed by atoms with Crippen LogP contribution in [0, 0.1) is 11.8 Å². The molecule has 1 aromatic rings. The van der Waals surface area contributed by atoms with E-state index in [4.69, 9.17) is 5.73 Å². The van der Waals surface area contributed by atoms with Gasteiger partial charge in [0.15, 0.2) is 0 Å². The third-order valence-corrected chi connectivity index (χ3v) is 3.68. The number of amides is 1. The van der Waals surface area contributed by atoms with Gasteiger partial charge in [-0.25, -0.2) is 0 Å². The average Bonchev–Trinajstić information content (AvgIpc) is 2.89. The quantitative estimate of drug-likeness (QED) is 0.738. The molecule has 0 spiro atoms. The Morgan fingerprint density at radius 3 is 2.76 bits per heavy atom. The van der Waals surface area contributed by atoms with E-state index in [1.807, 2.05) is 18.5 Å². The van der Waals surface area contributed by atoms with Crippen LogP contribution in [-0.2, 0) is 11.3 Å². The molecular formula is C13H21N3O. The molecule has 0 saturated heterocycles. The molecule has 1 fully saturated rings. The number of aromatic nitrogens is 1. The molecule has 0 aromatic carbocycles. The summed E-state index contributed by atoms with van der Waals surface area (Å²) in [5, 5.41) is 3.00. The summed E-state index contributed by atoms with van der Waals surface area (Å²) in [6.07, 6.45) is 7.94. The largest absolute Gasteiger partial charge is 0.367 e. The van der Waals surface area contributed by atoms with Crippen LogP contribution in [0.2, 0.25) is 0 Å². The number of hydrogen-bond donors (Lipinski definition) is 3. The van der Waals surface area contributed by atoms with Crippen molar-refractivity contribution in [3.8, 4) is 0 Å². The second kappa shape index (κ2) is 5.87. The number of carbonyl (C=O) groups excluding carboxylic acids is 1. The zero-order valence-electron chi connectivity index (χ0n) is 10.1. The topological polar surface area (TPSA) is 70.9 Å². The van der Waals surface area contributed by atoms with Crippen molar-refractivity contribution in [2.75, 3.05) is 6.54 Å². The molecule has 0 bridgehead atoms. The van der Waals surface area contributed by atoms with Crippen LogP contribution in [0.15, 0.2) is 18.5 Å². The maximum absolute atomic E-state index is 11.9. The lowest BCUT2D eigenvalue weighted by molar-refractivity contribution is -0.126. The van der Waals surface area contributed by atoms with Gasteiger partial charge in [-0.15, -0.1) is 0 Å². The highest BCUT2D eigenvalue weighted by Crippen LogP contribution is 2.28. The predicted octanol–water partition coefficient (Wildman–Crippen LogP) is 1.40. The van der Waals surface area contributed by atoms with Crippen LogP contribution in [0.25, 0.3) is 0 Å². The molecular weight excluding hydrogens is 214 g/mol. The molecule has 4 N–H and O–H groups in total. The van der Waals surface area contributed by atoms with Crippen molar-refractivity contribution in [1.82, 2.24) is 10.3 Å².